The number of amides is 2. The smallest absolute Gasteiger partial charge is 0.220 e. The highest BCUT2D eigenvalue weighted by Crippen LogP contribution is 2.12. The van der Waals surface area contributed by atoms with Gasteiger partial charge in [0.25, 0.3) is 0 Å². The highest BCUT2D eigenvalue weighted by atomic mass is 16.2. The quantitative estimate of drug-likeness (QED) is 0.826. The van der Waals surface area contributed by atoms with E-state index in [9.17, 15) is 9.59 Å². The Balaban J connectivity index is 0.000000191. The molecule has 0 saturated carbocycles. The van der Waals surface area contributed by atoms with Crippen molar-refractivity contribution in [2.45, 2.75) is 77.2 Å². The molecule has 0 aromatic rings. The van der Waals surface area contributed by atoms with Gasteiger partial charge in [0.1, 0.15) is 0 Å². The lowest BCUT2D eigenvalue weighted by Gasteiger charge is -2.08. The Morgan fingerprint density at radius 3 is 2.53 bits per heavy atom. The fourth-order valence-electron chi connectivity index (χ4n) is 2.42. The number of hydrogen-bond acceptors (Lipinski definition) is 2. The van der Waals surface area contributed by atoms with Crippen LogP contribution in [0.2, 0.25) is 0 Å². The zero-order valence-corrected chi connectivity index (χ0v) is 12.2. The van der Waals surface area contributed by atoms with Crippen molar-refractivity contribution in [2.24, 2.45) is 0 Å². The standard InChI is InChI=1S/C8H15NO.C7H13NO/c1-2-3-4-7-5-6-8(10)9-7;9-7-5-3-1-2-4-6-8-7/h7H,2-6H2,1H3,(H,9,10);1-6H2,(H,8,9). The van der Waals surface area contributed by atoms with Gasteiger partial charge < -0.3 is 10.6 Å². The molecule has 0 spiro atoms. The molecule has 19 heavy (non-hydrogen) atoms. The normalized spacial score (nSPS) is 23.5. The van der Waals surface area contributed by atoms with E-state index in [2.05, 4.69) is 17.6 Å². The molecule has 4 heteroatoms. The summed E-state index contributed by atoms with van der Waals surface area (Å²) in [6.45, 7) is 3.07. The van der Waals surface area contributed by atoms with Crippen LogP contribution in [-0.2, 0) is 9.59 Å². The molecule has 2 N–H and O–H groups in total. The van der Waals surface area contributed by atoms with Crippen LogP contribution in [0.25, 0.3) is 0 Å². The second-order valence-electron chi connectivity index (χ2n) is 5.46. The van der Waals surface area contributed by atoms with Crippen molar-refractivity contribution >= 4 is 11.8 Å². The highest BCUT2D eigenvalue weighted by molar-refractivity contribution is 5.78. The van der Waals surface area contributed by atoms with Crippen molar-refractivity contribution in [2.75, 3.05) is 6.54 Å². The van der Waals surface area contributed by atoms with E-state index in [1.54, 1.807) is 0 Å². The summed E-state index contributed by atoms with van der Waals surface area (Å²) in [5.74, 6) is 0.468. The Bertz CT molecular complexity index is 269. The molecule has 2 amide bonds. The number of unbranched alkanes of at least 4 members (excludes halogenated alkanes) is 1. The molecule has 1 atom stereocenters. The zero-order valence-electron chi connectivity index (χ0n) is 12.2. The van der Waals surface area contributed by atoms with Crippen molar-refractivity contribution in [1.29, 1.82) is 0 Å². The Kier molecular flexibility index (Phi) is 8.26. The fourth-order valence-corrected chi connectivity index (χ4v) is 2.42. The summed E-state index contributed by atoms with van der Waals surface area (Å²) in [5, 5.41) is 5.80. The van der Waals surface area contributed by atoms with Gasteiger partial charge >= 0.3 is 0 Å². The second kappa shape index (κ2) is 9.82. The Morgan fingerprint density at radius 1 is 1.05 bits per heavy atom. The van der Waals surface area contributed by atoms with Crippen LogP contribution in [0.1, 0.15) is 71.1 Å². The molecule has 0 bridgehead atoms. The third-order valence-electron chi connectivity index (χ3n) is 3.64. The van der Waals surface area contributed by atoms with Gasteiger partial charge in [-0.1, -0.05) is 32.6 Å². The molecule has 4 nitrogen and oxygen atoms in total. The summed E-state index contributed by atoms with van der Waals surface area (Å²) in [6.07, 6.45) is 10.9. The third-order valence-corrected chi connectivity index (χ3v) is 3.64. The lowest BCUT2D eigenvalue weighted by Crippen LogP contribution is -2.25. The highest BCUT2D eigenvalue weighted by Gasteiger charge is 2.19. The molecular formula is C15H28N2O2. The largest absolute Gasteiger partial charge is 0.356 e. The van der Waals surface area contributed by atoms with E-state index in [0.29, 0.717) is 6.04 Å². The van der Waals surface area contributed by atoms with E-state index in [-0.39, 0.29) is 11.8 Å². The van der Waals surface area contributed by atoms with Crippen molar-refractivity contribution in [3.05, 3.63) is 0 Å². The number of nitrogens with one attached hydrogen (secondary N) is 2. The van der Waals surface area contributed by atoms with Crippen LogP contribution in [0.5, 0.6) is 0 Å². The van der Waals surface area contributed by atoms with Crippen molar-refractivity contribution in [3.8, 4) is 0 Å². The monoisotopic (exact) mass is 268 g/mol. The van der Waals surface area contributed by atoms with Crippen LogP contribution in [0.4, 0.5) is 0 Å². The van der Waals surface area contributed by atoms with Crippen LogP contribution < -0.4 is 10.6 Å². The van der Waals surface area contributed by atoms with Gasteiger partial charge in [0.05, 0.1) is 0 Å². The van der Waals surface area contributed by atoms with Gasteiger partial charge in [-0.3, -0.25) is 9.59 Å². The molecular weight excluding hydrogens is 240 g/mol. The minimum atomic E-state index is 0.231. The Morgan fingerprint density at radius 2 is 1.84 bits per heavy atom. The van der Waals surface area contributed by atoms with Crippen LogP contribution in [0.3, 0.4) is 0 Å². The lowest BCUT2D eigenvalue weighted by atomic mass is 10.1. The minimum Gasteiger partial charge on any atom is -0.356 e. The summed E-state index contributed by atoms with van der Waals surface area (Å²) in [7, 11) is 0. The van der Waals surface area contributed by atoms with Gasteiger partial charge in [-0.05, 0) is 25.7 Å². The number of carbonyl (C=O) groups excluding carboxylic acids is 2. The number of carbonyl (C=O) groups is 2. The van der Waals surface area contributed by atoms with Crippen LogP contribution in [0, 0.1) is 0 Å². The lowest BCUT2D eigenvalue weighted by molar-refractivity contribution is -0.121. The first-order chi connectivity index (χ1) is 9.22. The first-order valence-electron chi connectivity index (χ1n) is 7.78. The van der Waals surface area contributed by atoms with E-state index >= 15 is 0 Å². The summed E-state index contributed by atoms with van der Waals surface area (Å²) < 4.78 is 0. The van der Waals surface area contributed by atoms with E-state index in [4.69, 9.17) is 0 Å². The predicted octanol–water partition coefficient (Wildman–Crippen LogP) is 2.52. The van der Waals surface area contributed by atoms with E-state index < -0.39 is 0 Å². The first kappa shape index (κ1) is 16.0. The summed E-state index contributed by atoms with van der Waals surface area (Å²) in [6, 6.07) is 0.493. The first-order valence-corrected chi connectivity index (χ1v) is 7.78. The molecule has 1 unspecified atom stereocenters. The van der Waals surface area contributed by atoms with Crippen LogP contribution in [0.15, 0.2) is 0 Å². The molecule has 2 aliphatic rings. The predicted molar refractivity (Wildman–Crippen MR) is 76.8 cm³/mol. The van der Waals surface area contributed by atoms with Gasteiger partial charge in [0.2, 0.25) is 11.8 Å². The van der Waals surface area contributed by atoms with Crippen molar-refractivity contribution < 1.29 is 9.59 Å². The summed E-state index contributed by atoms with van der Waals surface area (Å²) in [5.41, 5.74) is 0. The molecule has 2 fully saturated rings. The maximum Gasteiger partial charge on any atom is 0.220 e. The van der Waals surface area contributed by atoms with Gasteiger partial charge in [-0.15, -0.1) is 0 Å². The maximum absolute atomic E-state index is 10.7. The maximum atomic E-state index is 10.7. The van der Waals surface area contributed by atoms with E-state index in [1.165, 1.54) is 32.1 Å². The van der Waals surface area contributed by atoms with Crippen molar-refractivity contribution in [1.82, 2.24) is 10.6 Å². The average Bonchev–Trinajstić information content (AvgIpc) is 2.78. The second-order valence-corrected chi connectivity index (χ2v) is 5.46. The summed E-state index contributed by atoms with van der Waals surface area (Å²) in [4.78, 5) is 21.4. The van der Waals surface area contributed by atoms with Crippen molar-refractivity contribution in [3.63, 3.8) is 0 Å². The van der Waals surface area contributed by atoms with Gasteiger partial charge in [-0.25, -0.2) is 0 Å². The third kappa shape index (κ3) is 7.85. The topological polar surface area (TPSA) is 58.2 Å². The molecule has 0 radical (unpaired) electrons. The molecule has 0 aromatic heterocycles. The van der Waals surface area contributed by atoms with E-state index in [1.807, 2.05) is 0 Å². The van der Waals surface area contributed by atoms with Crippen LogP contribution >= 0.6 is 0 Å². The average molecular weight is 268 g/mol. The molecule has 2 aliphatic heterocycles. The van der Waals surface area contributed by atoms with Gasteiger partial charge in [-0.2, -0.15) is 0 Å². The number of hydrogen-bond donors (Lipinski definition) is 2. The fraction of sp³-hybridized carbons (Fsp3) is 0.867. The minimum absolute atomic E-state index is 0.231. The molecule has 2 rings (SSSR count). The van der Waals surface area contributed by atoms with E-state index in [0.717, 1.165) is 38.6 Å². The molecule has 110 valence electrons. The number of rotatable bonds is 3. The Hall–Kier alpha value is -1.06. The molecule has 0 aliphatic carbocycles. The van der Waals surface area contributed by atoms with Gasteiger partial charge in [0.15, 0.2) is 0 Å². The molecule has 2 heterocycles. The zero-order chi connectivity index (χ0) is 13.9. The molecule has 0 aromatic carbocycles. The summed E-state index contributed by atoms with van der Waals surface area (Å²) >= 11 is 0. The van der Waals surface area contributed by atoms with Gasteiger partial charge in [0, 0.05) is 25.4 Å². The Labute approximate surface area is 116 Å². The molecule has 2 saturated heterocycles. The SMILES string of the molecule is CCCCC1CCC(=O)N1.O=C1CCCCCCN1. The van der Waals surface area contributed by atoms with Crippen LogP contribution in [-0.4, -0.2) is 24.4 Å².